The number of nitrogens with zero attached hydrogens (tertiary/aromatic N) is 2. The van der Waals surface area contributed by atoms with Gasteiger partial charge in [0.1, 0.15) is 0 Å². The Balaban J connectivity index is 1.53. The van der Waals surface area contributed by atoms with Gasteiger partial charge in [0.2, 0.25) is 0 Å². The SMILES string of the molecule is CCN(CC(=O)O)C1CC(NC(=O)c2cc3ccccc3c3cccnc23)C1. The van der Waals surface area contributed by atoms with E-state index in [0.717, 1.165) is 29.0 Å². The fourth-order valence-electron chi connectivity index (χ4n) is 4.04. The Hall–Kier alpha value is -2.99. The number of benzene rings is 2. The van der Waals surface area contributed by atoms with Crippen LogP contribution in [0.25, 0.3) is 21.7 Å². The van der Waals surface area contributed by atoms with Gasteiger partial charge < -0.3 is 10.4 Å². The molecule has 0 unspecified atom stereocenters. The molecule has 1 heterocycles. The zero-order valence-corrected chi connectivity index (χ0v) is 15.8. The van der Waals surface area contributed by atoms with Crippen LogP contribution in [0.2, 0.25) is 0 Å². The zero-order valence-electron chi connectivity index (χ0n) is 15.8. The molecule has 3 aromatic rings. The first-order chi connectivity index (χ1) is 13.6. The van der Waals surface area contributed by atoms with E-state index in [1.54, 1.807) is 6.20 Å². The molecule has 6 heteroatoms. The van der Waals surface area contributed by atoms with E-state index in [2.05, 4.69) is 10.3 Å². The second-order valence-corrected chi connectivity index (χ2v) is 7.30. The van der Waals surface area contributed by atoms with Crippen molar-refractivity contribution < 1.29 is 14.7 Å². The van der Waals surface area contributed by atoms with E-state index in [9.17, 15) is 9.59 Å². The lowest BCUT2D eigenvalue weighted by atomic mass is 9.85. The Morgan fingerprint density at radius 2 is 1.93 bits per heavy atom. The molecule has 28 heavy (non-hydrogen) atoms. The second kappa shape index (κ2) is 7.56. The smallest absolute Gasteiger partial charge is 0.317 e. The van der Waals surface area contributed by atoms with Gasteiger partial charge >= 0.3 is 5.97 Å². The van der Waals surface area contributed by atoms with Crippen molar-refractivity contribution >= 4 is 33.6 Å². The largest absolute Gasteiger partial charge is 0.480 e. The molecule has 0 saturated heterocycles. The van der Waals surface area contributed by atoms with Crippen molar-refractivity contribution in [3.05, 3.63) is 54.2 Å². The van der Waals surface area contributed by atoms with Crippen LogP contribution in [0, 0.1) is 0 Å². The maximum atomic E-state index is 13.0. The molecule has 6 nitrogen and oxygen atoms in total. The van der Waals surface area contributed by atoms with Crippen LogP contribution in [-0.4, -0.2) is 52.0 Å². The standard InChI is InChI=1S/C22H23N3O3/c1-2-25(13-20(26)27)16-11-15(12-16)24-22(28)19-10-14-6-3-4-7-17(14)18-8-5-9-23-21(18)19/h3-10,15-16H,2,11-13H2,1H3,(H,24,28)(H,26,27). The topological polar surface area (TPSA) is 82.5 Å². The molecule has 1 saturated carbocycles. The molecule has 0 atom stereocenters. The summed E-state index contributed by atoms with van der Waals surface area (Å²) in [4.78, 5) is 30.3. The second-order valence-electron chi connectivity index (χ2n) is 7.30. The van der Waals surface area contributed by atoms with Crippen LogP contribution in [0.15, 0.2) is 48.7 Å². The lowest BCUT2D eigenvalue weighted by molar-refractivity contribution is -0.139. The molecule has 0 spiro atoms. The number of carboxylic acids is 1. The number of carbonyl (C=O) groups is 2. The highest BCUT2D eigenvalue weighted by Gasteiger charge is 2.35. The molecular weight excluding hydrogens is 354 g/mol. The zero-order chi connectivity index (χ0) is 19.7. The summed E-state index contributed by atoms with van der Waals surface area (Å²) in [6.45, 7) is 2.69. The van der Waals surface area contributed by atoms with Gasteiger partial charge in [-0.05, 0) is 42.3 Å². The number of hydrogen-bond acceptors (Lipinski definition) is 4. The van der Waals surface area contributed by atoms with Crippen molar-refractivity contribution in [2.75, 3.05) is 13.1 Å². The molecule has 0 aliphatic heterocycles. The number of aliphatic carboxylic acids is 1. The summed E-state index contributed by atoms with van der Waals surface area (Å²) in [6, 6.07) is 14.0. The van der Waals surface area contributed by atoms with Crippen LogP contribution in [0.3, 0.4) is 0 Å². The molecule has 0 bridgehead atoms. The number of hydrogen-bond donors (Lipinski definition) is 2. The van der Waals surface area contributed by atoms with Crippen LogP contribution >= 0.6 is 0 Å². The minimum atomic E-state index is -0.817. The van der Waals surface area contributed by atoms with Crippen molar-refractivity contribution in [3.8, 4) is 0 Å². The predicted octanol–water partition coefficient (Wildman–Crippen LogP) is 3.06. The summed E-state index contributed by atoms with van der Waals surface area (Å²) in [7, 11) is 0. The van der Waals surface area contributed by atoms with E-state index in [1.165, 1.54) is 0 Å². The molecule has 0 radical (unpaired) electrons. The number of carboxylic acid groups (broad SMARTS) is 1. The monoisotopic (exact) mass is 377 g/mol. The summed E-state index contributed by atoms with van der Waals surface area (Å²) in [5, 5.41) is 15.2. The number of pyridine rings is 1. The van der Waals surface area contributed by atoms with Crippen molar-refractivity contribution in [3.63, 3.8) is 0 Å². The van der Waals surface area contributed by atoms with Crippen molar-refractivity contribution in [2.45, 2.75) is 31.8 Å². The molecule has 1 aliphatic rings. The van der Waals surface area contributed by atoms with E-state index >= 15 is 0 Å². The highest BCUT2D eigenvalue weighted by atomic mass is 16.4. The summed E-state index contributed by atoms with van der Waals surface area (Å²) in [5.41, 5.74) is 1.28. The minimum Gasteiger partial charge on any atom is -0.480 e. The van der Waals surface area contributed by atoms with Gasteiger partial charge in [-0.2, -0.15) is 0 Å². The summed E-state index contributed by atoms with van der Waals surface area (Å²) in [5.74, 6) is -0.942. The lowest BCUT2D eigenvalue weighted by Crippen LogP contribution is -2.54. The van der Waals surface area contributed by atoms with E-state index in [-0.39, 0.29) is 24.5 Å². The van der Waals surface area contributed by atoms with Crippen molar-refractivity contribution in [2.24, 2.45) is 0 Å². The maximum Gasteiger partial charge on any atom is 0.317 e. The molecule has 4 rings (SSSR count). The summed E-state index contributed by atoms with van der Waals surface area (Å²) < 4.78 is 0. The summed E-state index contributed by atoms with van der Waals surface area (Å²) >= 11 is 0. The number of fused-ring (bicyclic) bond motifs is 3. The number of rotatable bonds is 6. The quantitative estimate of drug-likeness (QED) is 0.645. The van der Waals surface area contributed by atoms with Crippen LogP contribution in [0.5, 0.6) is 0 Å². The Bertz CT molecular complexity index is 1040. The molecule has 144 valence electrons. The van der Waals surface area contributed by atoms with Gasteiger partial charge in [-0.3, -0.25) is 19.5 Å². The van der Waals surface area contributed by atoms with E-state index in [1.807, 2.05) is 54.3 Å². The lowest BCUT2D eigenvalue weighted by Gasteiger charge is -2.42. The average molecular weight is 377 g/mol. The Labute approximate surface area is 163 Å². The van der Waals surface area contributed by atoms with Gasteiger partial charge in [-0.1, -0.05) is 37.3 Å². The van der Waals surface area contributed by atoms with Gasteiger partial charge in [0.25, 0.3) is 5.91 Å². The average Bonchev–Trinajstić information content (AvgIpc) is 2.68. The maximum absolute atomic E-state index is 13.0. The van der Waals surface area contributed by atoms with Gasteiger partial charge in [0, 0.05) is 23.7 Å². The number of nitrogens with one attached hydrogen (secondary N) is 1. The molecule has 1 amide bonds. The molecule has 1 fully saturated rings. The third-order valence-corrected chi connectivity index (χ3v) is 5.57. The van der Waals surface area contributed by atoms with Crippen molar-refractivity contribution in [1.82, 2.24) is 15.2 Å². The number of amides is 1. The van der Waals surface area contributed by atoms with E-state index in [0.29, 0.717) is 17.6 Å². The molecule has 1 aromatic heterocycles. The first-order valence-electron chi connectivity index (χ1n) is 9.60. The Kier molecular flexibility index (Phi) is 4.96. The van der Waals surface area contributed by atoms with Crippen LogP contribution in [-0.2, 0) is 4.79 Å². The van der Waals surface area contributed by atoms with E-state index < -0.39 is 5.97 Å². The van der Waals surface area contributed by atoms with Gasteiger partial charge in [0.15, 0.2) is 0 Å². The third-order valence-electron chi connectivity index (χ3n) is 5.57. The molecular formula is C22H23N3O3. The highest BCUT2D eigenvalue weighted by Crippen LogP contribution is 2.29. The number of aromatic nitrogens is 1. The first-order valence-corrected chi connectivity index (χ1v) is 9.60. The molecule has 2 N–H and O–H groups in total. The number of likely N-dealkylation sites (N-methyl/N-ethyl adjacent to an activating group) is 1. The van der Waals surface area contributed by atoms with Gasteiger partial charge in [-0.25, -0.2) is 0 Å². The highest BCUT2D eigenvalue weighted by molar-refractivity contribution is 6.15. The van der Waals surface area contributed by atoms with Gasteiger partial charge in [0.05, 0.1) is 17.6 Å². The van der Waals surface area contributed by atoms with E-state index in [4.69, 9.17) is 5.11 Å². The Morgan fingerprint density at radius 3 is 2.68 bits per heavy atom. The summed E-state index contributed by atoms with van der Waals surface area (Å²) in [6.07, 6.45) is 3.25. The third kappa shape index (κ3) is 3.43. The fourth-order valence-corrected chi connectivity index (χ4v) is 4.04. The van der Waals surface area contributed by atoms with Crippen LogP contribution < -0.4 is 5.32 Å². The van der Waals surface area contributed by atoms with Crippen LogP contribution in [0.1, 0.15) is 30.1 Å². The Morgan fingerprint density at radius 1 is 1.18 bits per heavy atom. The molecule has 1 aliphatic carbocycles. The molecule has 2 aromatic carbocycles. The first kappa shape index (κ1) is 18.4. The number of carbonyl (C=O) groups excluding carboxylic acids is 1. The fraction of sp³-hybridized carbons (Fsp3) is 0.318. The van der Waals surface area contributed by atoms with Crippen molar-refractivity contribution in [1.29, 1.82) is 0 Å². The van der Waals surface area contributed by atoms with Crippen LogP contribution in [0.4, 0.5) is 0 Å². The predicted molar refractivity (Wildman–Crippen MR) is 108 cm³/mol. The van der Waals surface area contributed by atoms with Gasteiger partial charge in [-0.15, -0.1) is 0 Å². The normalized spacial score (nSPS) is 18.9. The minimum absolute atomic E-state index is 0.0427.